The second-order valence-electron chi connectivity index (χ2n) is 7.78. The molecule has 1 unspecified atom stereocenters. The highest BCUT2D eigenvalue weighted by Gasteiger charge is 2.23. The third kappa shape index (κ3) is 6.63. The second kappa shape index (κ2) is 11.0. The summed E-state index contributed by atoms with van der Waals surface area (Å²) in [4.78, 5) is 29.1. The number of hydrogen-bond donors (Lipinski definition) is 2. The Morgan fingerprint density at radius 2 is 1.84 bits per heavy atom. The Bertz CT molecular complexity index is 1040. The first kappa shape index (κ1) is 22.9. The molecule has 6 nitrogen and oxygen atoms in total. The van der Waals surface area contributed by atoms with Gasteiger partial charge in [-0.3, -0.25) is 14.6 Å². The lowest BCUT2D eigenvalue weighted by atomic mass is 10.0. The third-order valence-electron chi connectivity index (χ3n) is 4.62. The van der Waals surface area contributed by atoms with E-state index >= 15 is 0 Å². The zero-order valence-electron chi connectivity index (χ0n) is 18.0. The molecule has 0 saturated heterocycles. The Kier molecular flexibility index (Phi) is 7.91. The first-order chi connectivity index (χ1) is 15.4. The summed E-state index contributed by atoms with van der Waals surface area (Å²) >= 11 is 0. The lowest BCUT2D eigenvalue weighted by Gasteiger charge is -2.19. The van der Waals surface area contributed by atoms with Gasteiger partial charge in [0.15, 0.2) is 11.6 Å². The molecular weight excluding hydrogens is 409 g/mol. The van der Waals surface area contributed by atoms with Gasteiger partial charge >= 0.3 is 0 Å². The molecule has 0 spiro atoms. The Labute approximate surface area is 186 Å². The van der Waals surface area contributed by atoms with E-state index in [1.807, 2.05) is 19.9 Å². The number of pyridine rings is 1. The van der Waals surface area contributed by atoms with Crippen LogP contribution in [0.15, 0.2) is 73.1 Å². The molecule has 2 amide bonds. The van der Waals surface area contributed by atoms with Crippen LogP contribution in [-0.4, -0.2) is 16.8 Å². The summed E-state index contributed by atoms with van der Waals surface area (Å²) < 4.78 is 20.0. The van der Waals surface area contributed by atoms with Crippen molar-refractivity contribution in [1.29, 1.82) is 0 Å². The maximum absolute atomic E-state index is 14.5. The number of benzene rings is 2. The van der Waals surface area contributed by atoms with E-state index in [-0.39, 0.29) is 30.0 Å². The van der Waals surface area contributed by atoms with Gasteiger partial charge in [-0.15, -0.1) is 0 Å². The molecule has 0 radical (unpaired) electrons. The van der Waals surface area contributed by atoms with Gasteiger partial charge in [-0.25, -0.2) is 4.39 Å². The van der Waals surface area contributed by atoms with Crippen LogP contribution in [-0.2, 0) is 16.1 Å². The second-order valence-corrected chi connectivity index (χ2v) is 7.78. The predicted molar refractivity (Wildman–Crippen MR) is 119 cm³/mol. The van der Waals surface area contributed by atoms with Gasteiger partial charge in [0.05, 0.1) is 6.20 Å². The number of nitrogens with zero attached hydrogens (tertiary/aromatic N) is 1. The highest BCUT2D eigenvalue weighted by Crippen LogP contribution is 2.24. The number of rotatable bonds is 9. The van der Waals surface area contributed by atoms with E-state index in [1.54, 1.807) is 48.7 Å². The average molecular weight is 435 g/mol. The number of aromatic nitrogens is 1. The van der Waals surface area contributed by atoms with Crippen LogP contribution in [0, 0.1) is 11.7 Å². The quantitative estimate of drug-likeness (QED) is 0.517. The van der Waals surface area contributed by atoms with Crippen LogP contribution < -0.4 is 15.4 Å². The minimum atomic E-state index is -0.833. The Hall–Kier alpha value is -3.74. The summed E-state index contributed by atoms with van der Waals surface area (Å²) in [6.45, 7) is 3.98. The molecule has 0 fully saturated rings. The Morgan fingerprint density at radius 1 is 1.06 bits per heavy atom. The standard InChI is InChI=1S/C25H26FN3O3/c1-17(2)13-23(30)29-24(19-7-4-3-5-8-19)25(31)28-15-18-10-11-22(21(26)14-18)32-20-9-6-12-27-16-20/h3-12,14,16-17,24H,13,15H2,1-2H3,(H,28,31)(H,29,30). The average Bonchev–Trinajstić information content (AvgIpc) is 2.78. The number of ether oxygens (including phenoxy) is 1. The summed E-state index contributed by atoms with van der Waals surface area (Å²) in [5.74, 6) is -0.460. The van der Waals surface area contributed by atoms with Crippen molar-refractivity contribution in [3.05, 3.63) is 90.0 Å². The van der Waals surface area contributed by atoms with Crippen molar-refractivity contribution < 1.29 is 18.7 Å². The van der Waals surface area contributed by atoms with E-state index in [1.165, 1.54) is 18.3 Å². The molecule has 0 saturated carbocycles. The van der Waals surface area contributed by atoms with Crippen molar-refractivity contribution in [2.45, 2.75) is 32.9 Å². The molecular formula is C25H26FN3O3. The molecule has 2 N–H and O–H groups in total. The number of carbonyl (C=O) groups is 2. The van der Waals surface area contributed by atoms with Crippen LogP contribution in [0.3, 0.4) is 0 Å². The molecule has 2 aromatic carbocycles. The van der Waals surface area contributed by atoms with Crippen LogP contribution in [0.5, 0.6) is 11.5 Å². The molecule has 0 bridgehead atoms. The number of nitrogens with one attached hydrogen (secondary N) is 2. The summed E-state index contributed by atoms with van der Waals surface area (Å²) in [5, 5.41) is 5.58. The van der Waals surface area contributed by atoms with E-state index in [2.05, 4.69) is 15.6 Å². The fourth-order valence-corrected chi connectivity index (χ4v) is 3.10. The fraction of sp³-hybridized carbons (Fsp3) is 0.240. The van der Waals surface area contributed by atoms with Gasteiger partial charge < -0.3 is 15.4 Å². The van der Waals surface area contributed by atoms with Crippen LogP contribution in [0.25, 0.3) is 0 Å². The Balaban J connectivity index is 1.66. The molecule has 32 heavy (non-hydrogen) atoms. The maximum atomic E-state index is 14.5. The summed E-state index contributed by atoms with van der Waals surface area (Å²) in [6, 6.07) is 16.0. The van der Waals surface area contributed by atoms with Crippen LogP contribution in [0.1, 0.15) is 37.4 Å². The molecule has 1 atom stereocenters. The van der Waals surface area contributed by atoms with E-state index in [0.29, 0.717) is 23.3 Å². The van der Waals surface area contributed by atoms with Crippen LogP contribution in [0.2, 0.25) is 0 Å². The normalized spacial score (nSPS) is 11.6. The highest BCUT2D eigenvalue weighted by atomic mass is 19.1. The number of halogens is 1. The molecule has 1 aromatic heterocycles. The number of amides is 2. The topological polar surface area (TPSA) is 80.3 Å². The van der Waals surface area contributed by atoms with Crippen molar-refractivity contribution in [1.82, 2.24) is 15.6 Å². The van der Waals surface area contributed by atoms with Crippen molar-refractivity contribution in [2.75, 3.05) is 0 Å². The largest absolute Gasteiger partial charge is 0.453 e. The van der Waals surface area contributed by atoms with Crippen molar-refractivity contribution >= 4 is 11.8 Å². The van der Waals surface area contributed by atoms with Gasteiger partial charge in [0.2, 0.25) is 11.8 Å². The third-order valence-corrected chi connectivity index (χ3v) is 4.62. The molecule has 0 aliphatic rings. The fourth-order valence-electron chi connectivity index (χ4n) is 3.10. The first-order valence-corrected chi connectivity index (χ1v) is 10.4. The molecule has 3 rings (SSSR count). The van der Waals surface area contributed by atoms with E-state index in [0.717, 1.165) is 0 Å². The number of carbonyl (C=O) groups excluding carboxylic acids is 2. The predicted octanol–water partition coefficient (Wildman–Crippen LogP) is 4.53. The Morgan fingerprint density at radius 3 is 2.50 bits per heavy atom. The molecule has 0 aliphatic heterocycles. The molecule has 166 valence electrons. The lowest BCUT2D eigenvalue weighted by molar-refractivity contribution is -0.129. The number of hydrogen-bond acceptors (Lipinski definition) is 4. The van der Waals surface area contributed by atoms with Crippen molar-refractivity contribution in [2.24, 2.45) is 5.92 Å². The van der Waals surface area contributed by atoms with Crippen molar-refractivity contribution in [3.63, 3.8) is 0 Å². The van der Waals surface area contributed by atoms with Gasteiger partial charge in [-0.1, -0.05) is 50.2 Å². The summed E-state index contributed by atoms with van der Waals surface area (Å²) in [5.41, 5.74) is 1.24. The zero-order chi connectivity index (χ0) is 22.9. The van der Waals surface area contributed by atoms with Crippen LogP contribution in [0.4, 0.5) is 4.39 Å². The van der Waals surface area contributed by atoms with Gasteiger partial charge in [0, 0.05) is 19.2 Å². The highest BCUT2D eigenvalue weighted by molar-refractivity contribution is 5.88. The minimum Gasteiger partial charge on any atom is -0.453 e. The monoisotopic (exact) mass is 435 g/mol. The molecule has 0 aliphatic carbocycles. The molecule has 7 heteroatoms. The van der Waals surface area contributed by atoms with Crippen LogP contribution >= 0.6 is 0 Å². The lowest BCUT2D eigenvalue weighted by Crippen LogP contribution is -2.40. The first-order valence-electron chi connectivity index (χ1n) is 10.4. The molecule has 1 heterocycles. The summed E-state index contributed by atoms with van der Waals surface area (Å²) in [6.07, 6.45) is 3.41. The van der Waals surface area contributed by atoms with Gasteiger partial charge in [0.1, 0.15) is 11.8 Å². The maximum Gasteiger partial charge on any atom is 0.247 e. The van der Waals surface area contributed by atoms with Gasteiger partial charge in [-0.2, -0.15) is 0 Å². The smallest absolute Gasteiger partial charge is 0.247 e. The van der Waals surface area contributed by atoms with Crippen molar-refractivity contribution in [3.8, 4) is 11.5 Å². The van der Waals surface area contributed by atoms with E-state index in [4.69, 9.17) is 4.74 Å². The summed E-state index contributed by atoms with van der Waals surface area (Å²) in [7, 11) is 0. The van der Waals surface area contributed by atoms with Gasteiger partial charge in [-0.05, 0) is 41.3 Å². The molecule has 3 aromatic rings. The van der Waals surface area contributed by atoms with Gasteiger partial charge in [0.25, 0.3) is 0 Å². The zero-order valence-corrected chi connectivity index (χ0v) is 18.0. The SMILES string of the molecule is CC(C)CC(=O)NC(C(=O)NCc1ccc(Oc2cccnc2)c(F)c1)c1ccccc1. The van der Waals surface area contributed by atoms with E-state index in [9.17, 15) is 14.0 Å². The van der Waals surface area contributed by atoms with E-state index < -0.39 is 11.9 Å². The minimum absolute atomic E-state index is 0.0659.